The number of hydrogen-bond donors (Lipinski definition) is 1. The quantitative estimate of drug-likeness (QED) is 0.893. The summed E-state index contributed by atoms with van der Waals surface area (Å²) in [5.74, 6) is -0.254. The van der Waals surface area contributed by atoms with E-state index in [-0.39, 0.29) is 11.9 Å². The van der Waals surface area contributed by atoms with Gasteiger partial charge in [0.15, 0.2) is 0 Å². The largest absolute Gasteiger partial charge is 0.349 e. The Morgan fingerprint density at radius 2 is 2.46 bits per heavy atom. The van der Waals surface area contributed by atoms with Crippen LogP contribution >= 0.6 is 11.3 Å². The molecule has 2 atom stereocenters. The molecule has 0 bridgehead atoms. The fourth-order valence-corrected chi connectivity index (χ4v) is 3.63. The van der Waals surface area contributed by atoms with Crippen LogP contribution in [0.1, 0.15) is 27.5 Å². The third-order valence-electron chi connectivity index (χ3n) is 4.16. The lowest BCUT2D eigenvalue weighted by molar-refractivity contribution is 0.0931. The molecule has 6 nitrogen and oxygen atoms in total. The maximum absolute atomic E-state index is 13.8. The molecule has 3 heterocycles. The van der Waals surface area contributed by atoms with Crippen LogP contribution in [0.2, 0.25) is 0 Å². The fourth-order valence-electron chi connectivity index (χ4n) is 2.99. The van der Waals surface area contributed by atoms with E-state index in [1.165, 1.54) is 0 Å². The van der Waals surface area contributed by atoms with Crippen molar-refractivity contribution in [3.05, 3.63) is 40.1 Å². The van der Waals surface area contributed by atoms with Crippen molar-refractivity contribution >= 4 is 17.2 Å². The zero-order valence-electron chi connectivity index (χ0n) is 13.3. The number of halogens is 1. The van der Waals surface area contributed by atoms with E-state index in [4.69, 9.17) is 5.26 Å². The van der Waals surface area contributed by atoms with Gasteiger partial charge in [0, 0.05) is 44.0 Å². The summed E-state index contributed by atoms with van der Waals surface area (Å²) in [6.45, 7) is 1.34. The van der Waals surface area contributed by atoms with Gasteiger partial charge >= 0.3 is 0 Å². The first kappa shape index (κ1) is 16.6. The van der Waals surface area contributed by atoms with E-state index in [1.54, 1.807) is 41.4 Å². The minimum Gasteiger partial charge on any atom is -0.349 e. The molecule has 1 aliphatic heterocycles. The summed E-state index contributed by atoms with van der Waals surface area (Å²) in [6.07, 6.45) is 2.87. The molecule has 0 spiro atoms. The third-order valence-corrected chi connectivity index (χ3v) is 4.93. The molecule has 1 fully saturated rings. The predicted molar refractivity (Wildman–Crippen MR) is 88.3 cm³/mol. The van der Waals surface area contributed by atoms with E-state index < -0.39 is 6.17 Å². The molecule has 0 radical (unpaired) electrons. The van der Waals surface area contributed by atoms with Crippen LogP contribution in [0, 0.1) is 11.3 Å². The second kappa shape index (κ2) is 7.11. The maximum atomic E-state index is 13.8. The van der Waals surface area contributed by atoms with Gasteiger partial charge in [-0.2, -0.15) is 5.26 Å². The Balaban J connectivity index is 1.60. The number of carbonyl (C=O) groups excluding carboxylic acids is 1. The van der Waals surface area contributed by atoms with Gasteiger partial charge in [-0.25, -0.2) is 9.37 Å². The third kappa shape index (κ3) is 3.63. The number of amides is 1. The standard InChI is InChI=1S/C16H18FN5OS/c1-21-8-11(6-18)4-14(21)16(23)20-7-13-5-12(17)9-22(13)10-15-19-2-3-24-15/h2-4,8,12-13H,5,7,9-10H2,1H3,(H,20,23)/t12-,13-/m0/s1. The van der Waals surface area contributed by atoms with Crippen LogP contribution in [-0.4, -0.2) is 45.7 Å². The summed E-state index contributed by atoms with van der Waals surface area (Å²) < 4.78 is 15.4. The van der Waals surface area contributed by atoms with Crippen LogP contribution in [-0.2, 0) is 13.6 Å². The van der Waals surface area contributed by atoms with E-state index in [9.17, 15) is 9.18 Å². The lowest BCUT2D eigenvalue weighted by Crippen LogP contribution is -2.40. The van der Waals surface area contributed by atoms with Gasteiger partial charge in [-0.05, 0) is 12.5 Å². The van der Waals surface area contributed by atoms with Gasteiger partial charge in [-0.3, -0.25) is 9.69 Å². The Hall–Kier alpha value is -2.24. The number of carbonyl (C=O) groups is 1. The Morgan fingerprint density at radius 3 is 3.12 bits per heavy atom. The number of nitriles is 1. The predicted octanol–water partition coefficient (Wildman–Crippen LogP) is 1.70. The van der Waals surface area contributed by atoms with Crippen LogP contribution in [0.25, 0.3) is 0 Å². The van der Waals surface area contributed by atoms with E-state index in [0.717, 1.165) is 5.01 Å². The van der Waals surface area contributed by atoms with Gasteiger partial charge in [0.05, 0.1) is 12.1 Å². The molecule has 1 amide bonds. The van der Waals surface area contributed by atoms with Gasteiger partial charge < -0.3 is 9.88 Å². The van der Waals surface area contributed by atoms with Gasteiger partial charge in [0.2, 0.25) is 0 Å². The highest BCUT2D eigenvalue weighted by Crippen LogP contribution is 2.23. The molecule has 0 unspecified atom stereocenters. The number of rotatable bonds is 5. The van der Waals surface area contributed by atoms with Crippen LogP contribution in [0.15, 0.2) is 23.8 Å². The second-order valence-electron chi connectivity index (χ2n) is 5.89. The second-order valence-corrected chi connectivity index (χ2v) is 6.87. The normalized spacial score (nSPS) is 20.9. The fraction of sp³-hybridized carbons (Fsp3) is 0.438. The van der Waals surface area contributed by atoms with Gasteiger partial charge in [-0.15, -0.1) is 11.3 Å². The molecule has 1 saturated heterocycles. The molecule has 2 aromatic heterocycles. The van der Waals surface area contributed by atoms with E-state index >= 15 is 0 Å². The van der Waals surface area contributed by atoms with E-state index in [2.05, 4.69) is 10.3 Å². The highest BCUT2D eigenvalue weighted by molar-refractivity contribution is 7.09. The highest BCUT2D eigenvalue weighted by atomic mass is 32.1. The average Bonchev–Trinajstić information content (AvgIpc) is 3.26. The Labute approximate surface area is 143 Å². The highest BCUT2D eigenvalue weighted by Gasteiger charge is 2.32. The molecular weight excluding hydrogens is 329 g/mol. The Morgan fingerprint density at radius 1 is 1.62 bits per heavy atom. The van der Waals surface area contributed by atoms with Crippen molar-refractivity contribution in [3.63, 3.8) is 0 Å². The molecular formula is C16H18FN5OS. The number of likely N-dealkylation sites (tertiary alicyclic amines) is 1. The number of aryl methyl sites for hydroxylation is 1. The van der Waals surface area contributed by atoms with Crippen LogP contribution in [0.3, 0.4) is 0 Å². The molecule has 0 aliphatic carbocycles. The van der Waals surface area contributed by atoms with Crippen molar-refractivity contribution in [2.45, 2.75) is 25.2 Å². The van der Waals surface area contributed by atoms with E-state index in [1.807, 2.05) is 16.3 Å². The number of aromatic nitrogens is 2. The first-order valence-electron chi connectivity index (χ1n) is 7.68. The minimum atomic E-state index is -0.882. The summed E-state index contributed by atoms with van der Waals surface area (Å²) in [4.78, 5) is 18.6. The Kier molecular flexibility index (Phi) is 4.92. The first-order chi connectivity index (χ1) is 11.6. The smallest absolute Gasteiger partial charge is 0.267 e. The lowest BCUT2D eigenvalue weighted by Gasteiger charge is -2.23. The van der Waals surface area contributed by atoms with Crippen molar-refractivity contribution in [1.82, 2.24) is 19.8 Å². The number of nitrogens with zero attached hydrogens (tertiary/aromatic N) is 4. The summed E-state index contributed by atoms with van der Waals surface area (Å²) in [5, 5.41) is 14.6. The monoisotopic (exact) mass is 347 g/mol. The summed E-state index contributed by atoms with van der Waals surface area (Å²) in [5.41, 5.74) is 0.866. The maximum Gasteiger partial charge on any atom is 0.267 e. The van der Waals surface area contributed by atoms with Gasteiger partial charge in [-0.1, -0.05) is 0 Å². The summed E-state index contributed by atoms with van der Waals surface area (Å²) in [7, 11) is 1.72. The molecule has 24 heavy (non-hydrogen) atoms. The molecule has 3 rings (SSSR count). The van der Waals surface area contributed by atoms with Crippen molar-refractivity contribution in [2.24, 2.45) is 7.05 Å². The van der Waals surface area contributed by atoms with Crippen molar-refractivity contribution in [2.75, 3.05) is 13.1 Å². The number of alkyl halides is 1. The van der Waals surface area contributed by atoms with Crippen LogP contribution in [0.5, 0.6) is 0 Å². The average molecular weight is 347 g/mol. The number of thiazole rings is 1. The SMILES string of the molecule is Cn1cc(C#N)cc1C(=O)NC[C@@H]1C[C@H](F)CN1Cc1nccs1. The Bertz CT molecular complexity index is 751. The topological polar surface area (TPSA) is 74.0 Å². The molecule has 126 valence electrons. The van der Waals surface area contributed by atoms with Gasteiger partial charge in [0.25, 0.3) is 5.91 Å². The van der Waals surface area contributed by atoms with Crippen LogP contribution < -0.4 is 5.32 Å². The van der Waals surface area contributed by atoms with Crippen molar-refractivity contribution < 1.29 is 9.18 Å². The molecule has 0 saturated carbocycles. The van der Waals surface area contributed by atoms with E-state index in [0.29, 0.717) is 37.3 Å². The number of nitrogens with one attached hydrogen (secondary N) is 1. The lowest BCUT2D eigenvalue weighted by atomic mass is 10.2. The first-order valence-corrected chi connectivity index (χ1v) is 8.56. The molecule has 0 aromatic carbocycles. The van der Waals surface area contributed by atoms with Crippen LogP contribution in [0.4, 0.5) is 4.39 Å². The molecule has 1 N–H and O–H groups in total. The minimum absolute atomic E-state index is 0.0523. The van der Waals surface area contributed by atoms with Gasteiger partial charge in [0.1, 0.15) is 22.9 Å². The zero-order chi connectivity index (χ0) is 17.1. The molecule has 1 aliphatic rings. The zero-order valence-corrected chi connectivity index (χ0v) is 14.1. The molecule has 2 aromatic rings. The van der Waals surface area contributed by atoms with Crippen molar-refractivity contribution in [3.8, 4) is 6.07 Å². The summed E-state index contributed by atoms with van der Waals surface area (Å²) >= 11 is 1.54. The van der Waals surface area contributed by atoms with Crippen molar-refractivity contribution in [1.29, 1.82) is 5.26 Å². The summed E-state index contributed by atoms with van der Waals surface area (Å²) in [6, 6.07) is 3.51. The molecule has 8 heteroatoms. The number of hydrogen-bond acceptors (Lipinski definition) is 5.